The van der Waals surface area contributed by atoms with E-state index < -0.39 is 5.97 Å². The van der Waals surface area contributed by atoms with E-state index in [2.05, 4.69) is 15.9 Å². The Bertz CT molecular complexity index is 610. The molecule has 2 aromatic rings. The number of carboxylic acids is 1. The average Bonchev–Trinajstić information content (AvgIpc) is 2.41. The van der Waals surface area contributed by atoms with Crippen molar-refractivity contribution in [3.63, 3.8) is 0 Å². The first-order valence-corrected chi connectivity index (χ1v) is 6.25. The third-order valence-corrected chi connectivity index (χ3v) is 2.95. The second-order valence-electron chi connectivity index (χ2n) is 3.70. The Morgan fingerprint density at radius 2 is 1.79 bits per heavy atom. The molecule has 1 N–H and O–H groups in total. The van der Waals surface area contributed by atoms with Crippen molar-refractivity contribution in [2.75, 3.05) is 7.11 Å². The third-order valence-electron chi connectivity index (χ3n) is 2.46. The summed E-state index contributed by atoms with van der Waals surface area (Å²) < 4.78 is 11.5. The van der Waals surface area contributed by atoms with Gasteiger partial charge < -0.3 is 14.6 Å². The molecule has 0 saturated heterocycles. The minimum atomic E-state index is -1.05. The van der Waals surface area contributed by atoms with E-state index in [1.54, 1.807) is 30.3 Å². The summed E-state index contributed by atoms with van der Waals surface area (Å²) in [7, 11) is 1.53. The topological polar surface area (TPSA) is 55.8 Å². The van der Waals surface area contributed by atoms with Crippen molar-refractivity contribution in [1.29, 1.82) is 0 Å². The molecule has 0 radical (unpaired) electrons. The monoisotopic (exact) mass is 322 g/mol. The number of aromatic carboxylic acids is 1. The van der Waals surface area contributed by atoms with Crippen LogP contribution < -0.4 is 9.47 Å². The number of benzene rings is 2. The second-order valence-corrected chi connectivity index (χ2v) is 4.61. The Labute approximate surface area is 118 Å². The van der Waals surface area contributed by atoms with Crippen LogP contribution in [0, 0.1) is 0 Å². The highest BCUT2D eigenvalue weighted by Gasteiger charge is 2.14. The Hall–Kier alpha value is -2.01. The third kappa shape index (κ3) is 3.06. The van der Waals surface area contributed by atoms with E-state index in [-0.39, 0.29) is 11.3 Å². The number of hydrogen-bond acceptors (Lipinski definition) is 3. The van der Waals surface area contributed by atoms with Crippen molar-refractivity contribution in [1.82, 2.24) is 0 Å². The largest absolute Gasteiger partial charge is 0.493 e. The molecule has 0 aromatic heterocycles. The van der Waals surface area contributed by atoms with E-state index in [1.165, 1.54) is 13.2 Å². The highest BCUT2D eigenvalue weighted by molar-refractivity contribution is 9.10. The normalized spacial score (nSPS) is 10.0. The molecule has 0 fully saturated rings. The lowest BCUT2D eigenvalue weighted by molar-refractivity contribution is 0.0694. The van der Waals surface area contributed by atoms with Crippen LogP contribution in [0.4, 0.5) is 0 Å². The van der Waals surface area contributed by atoms with Crippen molar-refractivity contribution in [2.24, 2.45) is 0 Å². The van der Waals surface area contributed by atoms with Crippen molar-refractivity contribution in [3.05, 3.63) is 52.5 Å². The van der Waals surface area contributed by atoms with E-state index in [0.29, 0.717) is 16.0 Å². The van der Waals surface area contributed by atoms with E-state index in [4.69, 9.17) is 14.6 Å². The molecule has 0 saturated carbocycles. The lowest BCUT2D eigenvalue weighted by atomic mass is 10.2. The molecular weight excluding hydrogens is 312 g/mol. The van der Waals surface area contributed by atoms with Crippen LogP contribution in [0.15, 0.2) is 46.9 Å². The maximum absolute atomic E-state index is 11.2. The van der Waals surface area contributed by atoms with Gasteiger partial charge in [-0.1, -0.05) is 28.1 Å². The van der Waals surface area contributed by atoms with Gasteiger partial charge in [-0.15, -0.1) is 0 Å². The van der Waals surface area contributed by atoms with Crippen molar-refractivity contribution >= 4 is 21.9 Å². The van der Waals surface area contributed by atoms with E-state index in [9.17, 15) is 4.79 Å². The predicted octanol–water partition coefficient (Wildman–Crippen LogP) is 3.95. The summed E-state index contributed by atoms with van der Waals surface area (Å²) in [5, 5.41) is 9.16. The quantitative estimate of drug-likeness (QED) is 0.926. The first kappa shape index (κ1) is 13.4. The minimum Gasteiger partial charge on any atom is -0.493 e. The number of carbonyl (C=O) groups is 1. The van der Waals surface area contributed by atoms with Gasteiger partial charge in [0, 0.05) is 4.47 Å². The lowest BCUT2D eigenvalue weighted by Crippen LogP contribution is -2.00. The van der Waals surface area contributed by atoms with Gasteiger partial charge in [0.25, 0.3) is 0 Å². The Morgan fingerprint density at radius 3 is 2.42 bits per heavy atom. The number of hydrogen-bond donors (Lipinski definition) is 1. The molecule has 19 heavy (non-hydrogen) atoms. The smallest absolute Gasteiger partial charge is 0.339 e. The summed E-state index contributed by atoms with van der Waals surface area (Å²) in [5.74, 6) is 0.225. The van der Waals surface area contributed by atoms with Crippen LogP contribution in [0.1, 0.15) is 10.4 Å². The number of ether oxygens (including phenoxy) is 2. The van der Waals surface area contributed by atoms with Crippen LogP contribution in [-0.4, -0.2) is 18.2 Å². The van der Waals surface area contributed by atoms with Gasteiger partial charge in [0.2, 0.25) is 0 Å². The van der Waals surface area contributed by atoms with E-state index in [0.717, 1.165) is 0 Å². The molecule has 0 amide bonds. The van der Waals surface area contributed by atoms with Crippen LogP contribution in [0.2, 0.25) is 0 Å². The van der Waals surface area contributed by atoms with Crippen molar-refractivity contribution in [2.45, 2.75) is 0 Å². The zero-order chi connectivity index (χ0) is 13.8. The lowest BCUT2D eigenvalue weighted by Gasteiger charge is -2.12. The molecule has 0 heterocycles. The molecular formula is C14H11BrO4. The van der Waals surface area contributed by atoms with Crippen LogP contribution in [-0.2, 0) is 0 Å². The standard InChI is InChI=1S/C14H11BrO4/c1-18-12-4-2-3-5-13(12)19-11-7-6-9(15)8-10(11)14(16)17/h2-8H,1H3,(H,16,17). The van der Waals surface area contributed by atoms with Crippen LogP contribution >= 0.6 is 15.9 Å². The summed E-state index contributed by atoms with van der Waals surface area (Å²) in [5.41, 5.74) is 0.0836. The van der Waals surface area contributed by atoms with Crippen molar-refractivity contribution in [3.8, 4) is 17.2 Å². The van der Waals surface area contributed by atoms with E-state index >= 15 is 0 Å². The molecule has 4 nitrogen and oxygen atoms in total. The van der Waals surface area contributed by atoms with Crippen LogP contribution in [0.3, 0.4) is 0 Å². The number of para-hydroxylation sites is 2. The number of methoxy groups -OCH3 is 1. The molecule has 0 bridgehead atoms. The number of carboxylic acid groups (broad SMARTS) is 1. The van der Waals surface area contributed by atoms with Crippen LogP contribution in [0.5, 0.6) is 17.2 Å². The Balaban J connectivity index is 2.41. The second kappa shape index (κ2) is 5.75. The molecule has 0 aliphatic heterocycles. The summed E-state index contributed by atoms with van der Waals surface area (Å²) in [6.45, 7) is 0. The van der Waals surface area contributed by atoms with Gasteiger partial charge in [0.15, 0.2) is 11.5 Å². The van der Waals surface area contributed by atoms with E-state index in [1.807, 2.05) is 6.07 Å². The zero-order valence-corrected chi connectivity index (χ0v) is 11.7. The first-order valence-electron chi connectivity index (χ1n) is 5.45. The Morgan fingerprint density at radius 1 is 1.11 bits per heavy atom. The molecule has 0 aliphatic rings. The van der Waals surface area contributed by atoms with Gasteiger partial charge in [-0.05, 0) is 30.3 Å². The molecule has 5 heteroatoms. The number of rotatable bonds is 4. The molecule has 2 rings (SSSR count). The van der Waals surface area contributed by atoms with Crippen LogP contribution in [0.25, 0.3) is 0 Å². The fourth-order valence-electron chi connectivity index (χ4n) is 1.58. The Kier molecular flexibility index (Phi) is 4.06. The predicted molar refractivity (Wildman–Crippen MR) is 74.2 cm³/mol. The molecule has 98 valence electrons. The first-order chi connectivity index (χ1) is 9.11. The van der Waals surface area contributed by atoms with Gasteiger partial charge in [-0.2, -0.15) is 0 Å². The molecule has 0 spiro atoms. The van der Waals surface area contributed by atoms with Gasteiger partial charge >= 0.3 is 5.97 Å². The average molecular weight is 323 g/mol. The SMILES string of the molecule is COc1ccccc1Oc1ccc(Br)cc1C(=O)O. The van der Waals surface area contributed by atoms with Crippen molar-refractivity contribution < 1.29 is 19.4 Å². The van der Waals surface area contributed by atoms with Gasteiger partial charge in [0.1, 0.15) is 11.3 Å². The fraction of sp³-hybridized carbons (Fsp3) is 0.0714. The fourth-order valence-corrected chi connectivity index (χ4v) is 1.94. The molecule has 0 atom stereocenters. The summed E-state index contributed by atoms with van der Waals surface area (Å²) in [4.78, 5) is 11.2. The van der Waals surface area contributed by atoms with Gasteiger partial charge in [-0.3, -0.25) is 0 Å². The summed E-state index contributed by atoms with van der Waals surface area (Å²) >= 11 is 3.23. The summed E-state index contributed by atoms with van der Waals surface area (Å²) in [6, 6.07) is 11.9. The minimum absolute atomic E-state index is 0.0836. The molecule has 2 aromatic carbocycles. The maximum Gasteiger partial charge on any atom is 0.339 e. The van der Waals surface area contributed by atoms with Gasteiger partial charge in [-0.25, -0.2) is 4.79 Å². The van der Waals surface area contributed by atoms with Gasteiger partial charge in [0.05, 0.1) is 7.11 Å². The molecule has 0 aliphatic carbocycles. The highest BCUT2D eigenvalue weighted by atomic mass is 79.9. The molecule has 0 unspecified atom stereocenters. The number of halogens is 1. The maximum atomic E-state index is 11.2. The summed E-state index contributed by atoms with van der Waals surface area (Å²) in [6.07, 6.45) is 0. The highest BCUT2D eigenvalue weighted by Crippen LogP contribution is 2.33. The zero-order valence-electron chi connectivity index (χ0n) is 10.1.